The highest BCUT2D eigenvalue weighted by atomic mass is 32.2. The number of carbonyl (C=O) groups excluding carboxylic acids is 1. The van der Waals surface area contributed by atoms with E-state index < -0.39 is 0 Å². The molecule has 0 bridgehead atoms. The van der Waals surface area contributed by atoms with Crippen molar-refractivity contribution in [3.05, 3.63) is 29.3 Å². The van der Waals surface area contributed by atoms with Gasteiger partial charge in [-0.2, -0.15) is 0 Å². The molecule has 17 heavy (non-hydrogen) atoms. The van der Waals surface area contributed by atoms with Gasteiger partial charge in [-0.15, -0.1) is 11.8 Å². The van der Waals surface area contributed by atoms with E-state index in [4.69, 9.17) is 0 Å². The average Bonchev–Trinajstić information content (AvgIpc) is 2.48. The summed E-state index contributed by atoms with van der Waals surface area (Å²) in [6.45, 7) is 4.24. The van der Waals surface area contributed by atoms with Gasteiger partial charge in [0.25, 0.3) is 0 Å². The highest BCUT2D eigenvalue weighted by Crippen LogP contribution is 2.33. The Labute approximate surface area is 108 Å². The first-order chi connectivity index (χ1) is 8.16. The molecule has 1 aromatic rings. The zero-order valence-corrected chi connectivity index (χ0v) is 11.5. The first-order valence-electron chi connectivity index (χ1n) is 6.43. The molecule has 0 aliphatic heterocycles. The van der Waals surface area contributed by atoms with Crippen LogP contribution < -0.4 is 0 Å². The highest BCUT2D eigenvalue weighted by Gasteiger charge is 2.22. The monoisotopic (exact) mass is 248 g/mol. The number of hydrogen-bond acceptors (Lipinski definition) is 2. The molecule has 1 atom stereocenters. The van der Waals surface area contributed by atoms with Crippen LogP contribution in [0.2, 0.25) is 0 Å². The maximum absolute atomic E-state index is 12.0. The molecule has 0 aromatic heterocycles. The van der Waals surface area contributed by atoms with Crippen LogP contribution in [-0.4, -0.2) is 11.0 Å². The minimum atomic E-state index is 0.193. The molecule has 0 saturated heterocycles. The van der Waals surface area contributed by atoms with Gasteiger partial charge in [-0.25, -0.2) is 0 Å². The summed E-state index contributed by atoms with van der Waals surface area (Å²) in [5.41, 5.74) is 2.59. The lowest BCUT2D eigenvalue weighted by molar-refractivity contribution is -0.118. The topological polar surface area (TPSA) is 17.1 Å². The number of thioether (sulfide) groups is 1. The predicted octanol–water partition coefficient (Wildman–Crippen LogP) is 4.30. The second-order valence-corrected chi connectivity index (χ2v) is 6.19. The third-order valence-corrected chi connectivity index (χ3v) is 4.84. The Hall–Kier alpha value is -0.760. The van der Waals surface area contributed by atoms with Gasteiger partial charge in [-0.3, -0.25) is 4.79 Å². The van der Waals surface area contributed by atoms with E-state index in [1.807, 2.05) is 0 Å². The van der Waals surface area contributed by atoms with Crippen molar-refractivity contribution in [3.8, 4) is 0 Å². The summed E-state index contributed by atoms with van der Waals surface area (Å²) in [6.07, 6.45) is 5.34. The molecule has 2 heteroatoms. The Kier molecular flexibility index (Phi) is 4.27. The van der Waals surface area contributed by atoms with Crippen molar-refractivity contribution in [1.82, 2.24) is 0 Å². The Bertz CT molecular complexity index is 411. The lowest BCUT2D eigenvalue weighted by Crippen LogP contribution is -2.14. The average molecular weight is 248 g/mol. The molecule has 1 aliphatic rings. The molecule has 0 amide bonds. The van der Waals surface area contributed by atoms with Crippen LogP contribution in [0.3, 0.4) is 0 Å². The first kappa shape index (κ1) is 12.7. The summed E-state index contributed by atoms with van der Waals surface area (Å²) < 4.78 is 0. The summed E-state index contributed by atoms with van der Waals surface area (Å²) in [5, 5.41) is 0.193. The second-order valence-electron chi connectivity index (χ2n) is 4.94. The summed E-state index contributed by atoms with van der Waals surface area (Å²) in [5.74, 6) is 0.451. The summed E-state index contributed by atoms with van der Waals surface area (Å²) in [6, 6.07) is 6.49. The van der Waals surface area contributed by atoms with Crippen LogP contribution in [-0.2, 0) is 4.79 Å². The fourth-order valence-electron chi connectivity index (χ4n) is 2.34. The van der Waals surface area contributed by atoms with E-state index in [2.05, 4.69) is 32.0 Å². The number of ketones is 1. The zero-order chi connectivity index (χ0) is 12.3. The standard InChI is InChI=1S/C15H20OS/c1-11-8-9-14(12(2)10-11)17-15-7-5-3-4-6-13(15)16/h8-10,15H,3-7H2,1-2H3. The van der Waals surface area contributed by atoms with Crippen molar-refractivity contribution in [1.29, 1.82) is 0 Å². The lowest BCUT2D eigenvalue weighted by Gasteiger charge is -2.14. The predicted molar refractivity (Wildman–Crippen MR) is 73.7 cm³/mol. The Morgan fingerprint density at radius 3 is 2.76 bits per heavy atom. The maximum atomic E-state index is 12.0. The third kappa shape index (κ3) is 3.35. The van der Waals surface area contributed by atoms with Crippen LogP contribution in [0.4, 0.5) is 0 Å². The zero-order valence-electron chi connectivity index (χ0n) is 10.7. The van der Waals surface area contributed by atoms with E-state index in [1.54, 1.807) is 11.8 Å². The molecule has 1 saturated carbocycles. The fourth-order valence-corrected chi connectivity index (χ4v) is 3.57. The van der Waals surface area contributed by atoms with Crippen molar-refractivity contribution in [2.24, 2.45) is 0 Å². The largest absolute Gasteiger partial charge is 0.298 e. The van der Waals surface area contributed by atoms with Crippen molar-refractivity contribution >= 4 is 17.5 Å². The van der Waals surface area contributed by atoms with Gasteiger partial charge in [0.1, 0.15) is 5.78 Å². The Balaban J connectivity index is 2.10. The van der Waals surface area contributed by atoms with Gasteiger partial charge in [-0.05, 0) is 38.3 Å². The molecule has 1 unspecified atom stereocenters. The van der Waals surface area contributed by atoms with Crippen molar-refractivity contribution in [2.45, 2.75) is 56.1 Å². The van der Waals surface area contributed by atoms with Crippen molar-refractivity contribution in [3.63, 3.8) is 0 Å². The highest BCUT2D eigenvalue weighted by molar-refractivity contribution is 8.00. The Morgan fingerprint density at radius 1 is 1.18 bits per heavy atom. The molecule has 1 aliphatic carbocycles. The number of carbonyl (C=O) groups is 1. The fraction of sp³-hybridized carbons (Fsp3) is 0.533. The van der Waals surface area contributed by atoms with E-state index >= 15 is 0 Å². The van der Waals surface area contributed by atoms with E-state index in [0.29, 0.717) is 5.78 Å². The van der Waals surface area contributed by atoms with Crippen LogP contribution >= 0.6 is 11.8 Å². The van der Waals surface area contributed by atoms with Crippen LogP contribution in [0, 0.1) is 13.8 Å². The molecule has 1 aromatic carbocycles. The lowest BCUT2D eigenvalue weighted by atomic mass is 10.2. The van der Waals surface area contributed by atoms with Gasteiger partial charge in [0.05, 0.1) is 5.25 Å². The smallest absolute Gasteiger partial charge is 0.146 e. The first-order valence-corrected chi connectivity index (χ1v) is 7.31. The third-order valence-electron chi connectivity index (χ3n) is 3.35. The van der Waals surface area contributed by atoms with E-state index in [1.165, 1.54) is 28.9 Å². The normalized spacial score (nSPS) is 21.3. The molecule has 0 N–H and O–H groups in total. The molecule has 1 nitrogen and oxygen atoms in total. The van der Waals surface area contributed by atoms with E-state index in [9.17, 15) is 4.79 Å². The molecule has 2 rings (SSSR count). The molecule has 0 spiro atoms. The van der Waals surface area contributed by atoms with Crippen molar-refractivity contribution in [2.75, 3.05) is 0 Å². The number of hydrogen-bond donors (Lipinski definition) is 0. The van der Waals surface area contributed by atoms with Gasteiger partial charge in [0, 0.05) is 11.3 Å². The van der Waals surface area contributed by atoms with Crippen LogP contribution in [0.25, 0.3) is 0 Å². The van der Waals surface area contributed by atoms with Gasteiger partial charge in [0.15, 0.2) is 0 Å². The van der Waals surface area contributed by atoms with Gasteiger partial charge >= 0.3 is 0 Å². The minimum Gasteiger partial charge on any atom is -0.298 e. The number of aryl methyl sites for hydroxylation is 2. The summed E-state index contributed by atoms with van der Waals surface area (Å²) >= 11 is 1.77. The summed E-state index contributed by atoms with van der Waals surface area (Å²) in [7, 11) is 0. The van der Waals surface area contributed by atoms with Crippen LogP contribution in [0.1, 0.15) is 43.2 Å². The molecule has 92 valence electrons. The summed E-state index contributed by atoms with van der Waals surface area (Å²) in [4.78, 5) is 13.2. The Morgan fingerprint density at radius 2 is 2.00 bits per heavy atom. The van der Waals surface area contributed by atoms with E-state index in [0.717, 1.165) is 19.3 Å². The van der Waals surface area contributed by atoms with Crippen LogP contribution in [0.15, 0.2) is 23.1 Å². The number of benzene rings is 1. The molecule has 0 radical (unpaired) electrons. The van der Waals surface area contributed by atoms with Crippen LogP contribution in [0.5, 0.6) is 0 Å². The van der Waals surface area contributed by atoms with E-state index in [-0.39, 0.29) is 5.25 Å². The second kappa shape index (κ2) is 5.72. The SMILES string of the molecule is Cc1ccc(SC2CCCCCC2=O)c(C)c1. The van der Waals surface area contributed by atoms with Gasteiger partial charge < -0.3 is 0 Å². The molecular weight excluding hydrogens is 228 g/mol. The number of rotatable bonds is 2. The quantitative estimate of drug-likeness (QED) is 0.726. The van der Waals surface area contributed by atoms with Gasteiger partial charge in [-0.1, -0.05) is 30.5 Å². The number of Topliss-reactive ketones (excluding diaryl/α,β-unsaturated/α-hetero) is 1. The van der Waals surface area contributed by atoms with Crippen molar-refractivity contribution < 1.29 is 4.79 Å². The molecule has 1 fully saturated rings. The van der Waals surface area contributed by atoms with Gasteiger partial charge in [0.2, 0.25) is 0 Å². The molecular formula is C15H20OS. The maximum Gasteiger partial charge on any atom is 0.146 e. The molecule has 0 heterocycles. The minimum absolute atomic E-state index is 0.193.